The molecule has 1 aliphatic rings. The average Bonchev–Trinajstić information content (AvgIpc) is 2.35. The van der Waals surface area contributed by atoms with Crippen LogP contribution < -0.4 is 5.32 Å². The van der Waals surface area contributed by atoms with E-state index in [0.29, 0.717) is 18.6 Å². The van der Waals surface area contributed by atoms with Gasteiger partial charge in [-0.25, -0.2) is 0 Å². The smallest absolute Gasteiger partial charge is 0.323 e. The van der Waals surface area contributed by atoms with Crippen molar-refractivity contribution in [1.82, 2.24) is 5.32 Å². The molecule has 3 atom stereocenters. The lowest BCUT2D eigenvalue weighted by Crippen LogP contribution is -2.57. The number of carboxylic acid groups (broad SMARTS) is 1. The van der Waals surface area contributed by atoms with Crippen LogP contribution >= 0.6 is 11.8 Å². The van der Waals surface area contributed by atoms with Crippen LogP contribution in [0, 0.1) is 0 Å². The maximum absolute atomic E-state index is 11.6. The van der Waals surface area contributed by atoms with Crippen LogP contribution in [0.3, 0.4) is 0 Å². The molecule has 5 nitrogen and oxygen atoms in total. The molecule has 3 unspecified atom stereocenters. The van der Waals surface area contributed by atoms with Gasteiger partial charge in [0.05, 0.1) is 12.7 Å². The average molecular weight is 291 g/mol. The summed E-state index contributed by atoms with van der Waals surface area (Å²) in [5, 5.41) is 31.1. The molecule has 6 heteroatoms. The number of rotatable bonds is 7. The zero-order chi connectivity index (χ0) is 14.5. The van der Waals surface area contributed by atoms with E-state index in [1.165, 1.54) is 0 Å². The second-order valence-electron chi connectivity index (χ2n) is 5.57. The van der Waals surface area contributed by atoms with Crippen LogP contribution in [-0.2, 0) is 4.79 Å². The van der Waals surface area contributed by atoms with Crippen molar-refractivity contribution >= 4 is 17.7 Å². The Kier molecular flexibility index (Phi) is 6.59. The Hall–Kier alpha value is -0.300. The number of thioether (sulfide) groups is 1. The van der Waals surface area contributed by atoms with Gasteiger partial charge < -0.3 is 15.3 Å². The summed E-state index contributed by atoms with van der Waals surface area (Å²) in [7, 11) is 0. The Morgan fingerprint density at radius 1 is 1.53 bits per heavy atom. The van der Waals surface area contributed by atoms with Crippen molar-refractivity contribution in [2.24, 2.45) is 0 Å². The number of aliphatic hydroxyl groups excluding tert-OH is 2. The molecule has 0 aromatic heterocycles. The molecule has 1 saturated carbocycles. The van der Waals surface area contributed by atoms with E-state index in [0.717, 1.165) is 12.8 Å². The van der Waals surface area contributed by atoms with Gasteiger partial charge in [0, 0.05) is 17.0 Å². The third kappa shape index (κ3) is 4.95. The molecule has 1 aliphatic carbocycles. The van der Waals surface area contributed by atoms with E-state index in [2.05, 4.69) is 5.32 Å². The predicted octanol–water partition coefficient (Wildman–Crippen LogP) is 0.837. The van der Waals surface area contributed by atoms with E-state index in [-0.39, 0.29) is 17.9 Å². The lowest BCUT2D eigenvalue weighted by Gasteiger charge is -2.39. The summed E-state index contributed by atoms with van der Waals surface area (Å²) in [5.74, 6) is -0.326. The standard InChI is InChI=1S/C13H25NO4S/c1-9(2)14-13(12(17)18)5-3-4-11(6-13)19-8-10(16)7-15/h9-11,14-16H,3-8H2,1-2H3,(H,17,18). The summed E-state index contributed by atoms with van der Waals surface area (Å²) >= 11 is 1.56. The Labute approximate surface area is 118 Å². The highest BCUT2D eigenvalue weighted by Crippen LogP contribution is 2.36. The minimum atomic E-state index is -0.839. The number of aliphatic carboxylic acids is 1. The van der Waals surface area contributed by atoms with Crippen molar-refractivity contribution in [3.63, 3.8) is 0 Å². The minimum absolute atomic E-state index is 0.128. The molecule has 4 N–H and O–H groups in total. The fourth-order valence-corrected chi connectivity index (χ4v) is 3.94. The van der Waals surface area contributed by atoms with E-state index in [9.17, 15) is 15.0 Å². The van der Waals surface area contributed by atoms with E-state index >= 15 is 0 Å². The van der Waals surface area contributed by atoms with Crippen molar-refractivity contribution in [2.75, 3.05) is 12.4 Å². The van der Waals surface area contributed by atoms with Gasteiger partial charge in [-0.15, -0.1) is 0 Å². The molecular weight excluding hydrogens is 266 g/mol. The second-order valence-corrected chi connectivity index (χ2v) is 6.91. The first-order valence-electron chi connectivity index (χ1n) is 6.81. The SMILES string of the molecule is CC(C)NC1(C(=O)O)CCCC(SCC(O)CO)C1. The van der Waals surface area contributed by atoms with Gasteiger partial charge in [-0.05, 0) is 39.5 Å². The monoisotopic (exact) mass is 291 g/mol. The molecule has 0 aromatic rings. The fourth-order valence-electron chi connectivity index (χ4n) is 2.61. The van der Waals surface area contributed by atoms with Gasteiger partial charge in [0.1, 0.15) is 5.54 Å². The molecule has 112 valence electrons. The first kappa shape index (κ1) is 16.8. The predicted molar refractivity (Wildman–Crippen MR) is 76.4 cm³/mol. The number of carboxylic acids is 1. The molecule has 0 aliphatic heterocycles. The highest BCUT2D eigenvalue weighted by Gasteiger charge is 2.43. The van der Waals surface area contributed by atoms with Crippen LogP contribution in [0.4, 0.5) is 0 Å². The van der Waals surface area contributed by atoms with Crippen molar-refractivity contribution in [3.05, 3.63) is 0 Å². The molecule has 1 rings (SSSR count). The lowest BCUT2D eigenvalue weighted by atomic mass is 9.81. The Balaban J connectivity index is 2.61. The number of nitrogens with one attached hydrogen (secondary N) is 1. The highest BCUT2D eigenvalue weighted by molar-refractivity contribution is 7.99. The van der Waals surface area contributed by atoms with Crippen LogP contribution in [0.25, 0.3) is 0 Å². The second kappa shape index (κ2) is 7.47. The van der Waals surface area contributed by atoms with Crippen LogP contribution in [-0.4, -0.2) is 56.6 Å². The molecule has 0 bridgehead atoms. The van der Waals surface area contributed by atoms with Gasteiger partial charge in [0.15, 0.2) is 0 Å². The number of carbonyl (C=O) groups is 1. The van der Waals surface area contributed by atoms with Crippen LogP contribution in [0.2, 0.25) is 0 Å². The minimum Gasteiger partial charge on any atom is -0.480 e. The summed E-state index contributed by atoms with van der Waals surface area (Å²) in [5.41, 5.74) is -0.839. The highest BCUT2D eigenvalue weighted by atomic mass is 32.2. The van der Waals surface area contributed by atoms with Crippen molar-refractivity contribution in [1.29, 1.82) is 0 Å². The molecule has 1 fully saturated rings. The van der Waals surface area contributed by atoms with E-state index in [1.54, 1.807) is 11.8 Å². The Bertz CT molecular complexity index is 300. The zero-order valence-corrected chi connectivity index (χ0v) is 12.4. The largest absolute Gasteiger partial charge is 0.480 e. The molecule has 19 heavy (non-hydrogen) atoms. The summed E-state index contributed by atoms with van der Waals surface area (Å²) < 4.78 is 0. The summed E-state index contributed by atoms with van der Waals surface area (Å²) in [6.07, 6.45) is 2.35. The van der Waals surface area contributed by atoms with E-state index in [4.69, 9.17) is 5.11 Å². The normalized spacial score (nSPS) is 29.4. The van der Waals surface area contributed by atoms with Crippen molar-refractivity contribution in [2.45, 2.75) is 62.5 Å². The maximum atomic E-state index is 11.6. The van der Waals surface area contributed by atoms with E-state index < -0.39 is 17.6 Å². The molecule has 0 heterocycles. The zero-order valence-electron chi connectivity index (χ0n) is 11.6. The quantitative estimate of drug-likeness (QED) is 0.556. The lowest BCUT2D eigenvalue weighted by molar-refractivity contribution is -0.146. The topological polar surface area (TPSA) is 89.8 Å². The molecule has 0 saturated heterocycles. The summed E-state index contributed by atoms with van der Waals surface area (Å²) in [6, 6.07) is 0.128. The summed E-state index contributed by atoms with van der Waals surface area (Å²) in [4.78, 5) is 11.6. The first-order valence-corrected chi connectivity index (χ1v) is 7.86. The van der Waals surface area contributed by atoms with Gasteiger partial charge in [0.25, 0.3) is 0 Å². The molecular formula is C13H25NO4S. The van der Waals surface area contributed by atoms with Gasteiger partial charge in [-0.3, -0.25) is 10.1 Å². The number of hydrogen-bond acceptors (Lipinski definition) is 5. The van der Waals surface area contributed by atoms with Crippen LogP contribution in [0.5, 0.6) is 0 Å². The molecule has 0 spiro atoms. The van der Waals surface area contributed by atoms with Crippen molar-refractivity contribution < 1.29 is 20.1 Å². The third-order valence-corrected chi connectivity index (χ3v) is 4.87. The van der Waals surface area contributed by atoms with Crippen molar-refractivity contribution in [3.8, 4) is 0 Å². The first-order chi connectivity index (χ1) is 8.89. The van der Waals surface area contributed by atoms with Gasteiger partial charge in [-0.1, -0.05) is 0 Å². The maximum Gasteiger partial charge on any atom is 0.323 e. The number of hydrogen-bond donors (Lipinski definition) is 4. The molecule has 0 amide bonds. The van der Waals surface area contributed by atoms with Gasteiger partial charge >= 0.3 is 5.97 Å². The Morgan fingerprint density at radius 3 is 2.74 bits per heavy atom. The van der Waals surface area contributed by atoms with Crippen LogP contribution in [0.15, 0.2) is 0 Å². The summed E-state index contributed by atoms with van der Waals surface area (Å²) in [6.45, 7) is 3.67. The Morgan fingerprint density at radius 2 is 2.21 bits per heavy atom. The third-order valence-electron chi connectivity index (χ3n) is 3.42. The van der Waals surface area contributed by atoms with Gasteiger partial charge in [-0.2, -0.15) is 11.8 Å². The van der Waals surface area contributed by atoms with Crippen LogP contribution in [0.1, 0.15) is 39.5 Å². The van der Waals surface area contributed by atoms with Gasteiger partial charge in [0.2, 0.25) is 0 Å². The molecule has 0 radical (unpaired) electrons. The molecule has 0 aromatic carbocycles. The fraction of sp³-hybridized carbons (Fsp3) is 0.923. The number of aliphatic hydroxyl groups is 2. The van der Waals surface area contributed by atoms with E-state index in [1.807, 2.05) is 13.8 Å².